The number of aliphatic carboxylic acids is 1. The van der Waals surface area contributed by atoms with Crippen LogP contribution in [0.5, 0.6) is 0 Å². The zero-order valence-electron chi connectivity index (χ0n) is 14.2. The third-order valence-corrected chi connectivity index (χ3v) is 5.53. The monoisotopic (exact) mass is 330 g/mol. The Morgan fingerprint density at radius 2 is 1.79 bits per heavy atom. The van der Waals surface area contributed by atoms with Crippen LogP contribution in [-0.2, 0) is 10.2 Å². The lowest BCUT2D eigenvalue weighted by atomic mass is 9.86. The number of carboxylic acids is 1. The molecule has 24 heavy (non-hydrogen) atoms. The molecule has 0 atom stereocenters. The highest BCUT2D eigenvalue weighted by Crippen LogP contribution is 2.48. The van der Waals surface area contributed by atoms with E-state index >= 15 is 0 Å². The van der Waals surface area contributed by atoms with E-state index in [-0.39, 0.29) is 23.4 Å². The van der Waals surface area contributed by atoms with Crippen LogP contribution in [-0.4, -0.2) is 41.6 Å². The molecule has 5 heteroatoms. The van der Waals surface area contributed by atoms with E-state index in [1.807, 2.05) is 13.1 Å². The van der Waals surface area contributed by atoms with Crippen LogP contribution in [0.2, 0.25) is 0 Å². The number of nitrogens with one attached hydrogen (secondary N) is 1. The van der Waals surface area contributed by atoms with Gasteiger partial charge in [-0.2, -0.15) is 0 Å². The van der Waals surface area contributed by atoms with Gasteiger partial charge in [-0.15, -0.1) is 0 Å². The highest BCUT2D eigenvalue weighted by atomic mass is 16.4. The maximum absolute atomic E-state index is 12.5. The second kappa shape index (κ2) is 6.83. The Balaban J connectivity index is 1.50. The summed E-state index contributed by atoms with van der Waals surface area (Å²) in [4.78, 5) is 25.2. The first kappa shape index (κ1) is 16.8. The van der Waals surface area contributed by atoms with Crippen molar-refractivity contribution in [2.75, 3.05) is 13.6 Å². The number of carboxylic acid groups (broad SMARTS) is 1. The molecule has 0 aromatic heterocycles. The van der Waals surface area contributed by atoms with E-state index in [2.05, 4.69) is 29.6 Å². The van der Waals surface area contributed by atoms with E-state index in [9.17, 15) is 9.59 Å². The topological polar surface area (TPSA) is 69.6 Å². The number of hydrogen-bond donors (Lipinski definition) is 2. The van der Waals surface area contributed by atoms with E-state index in [4.69, 9.17) is 5.11 Å². The number of urea groups is 1. The van der Waals surface area contributed by atoms with Crippen LogP contribution in [0.25, 0.3) is 0 Å². The van der Waals surface area contributed by atoms with Gasteiger partial charge in [0.25, 0.3) is 0 Å². The fourth-order valence-electron chi connectivity index (χ4n) is 3.78. The van der Waals surface area contributed by atoms with Gasteiger partial charge in [-0.25, -0.2) is 4.79 Å². The van der Waals surface area contributed by atoms with Crippen molar-refractivity contribution in [3.8, 4) is 0 Å². The minimum atomic E-state index is -0.713. The summed E-state index contributed by atoms with van der Waals surface area (Å²) >= 11 is 0. The average molecular weight is 330 g/mol. The van der Waals surface area contributed by atoms with Gasteiger partial charge in [-0.3, -0.25) is 4.79 Å². The molecule has 0 spiro atoms. The predicted octanol–water partition coefficient (Wildman–Crippen LogP) is 3.00. The lowest BCUT2D eigenvalue weighted by molar-refractivity contribution is -0.142. The van der Waals surface area contributed by atoms with E-state index in [1.54, 1.807) is 4.90 Å². The summed E-state index contributed by atoms with van der Waals surface area (Å²) in [5, 5.41) is 12.1. The molecule has 2 amide bonds. The summed E-state index contributed by atoms with van der Waals surface area (Å²) in [6.45, 7) is 0.729. The van der Waals surface area contributed by atoms with Crippen LogP contribution in [0.3, 0.4) is 0 Å². The largest absolute Gasteiger partial charge is 0.481 e. The Bertz CT molecular complexity index is 590. The average Bonchev–Trinajstić information content (AvgIpc) is 3.37. The van der Waals surface area contributed by atoms with Crippen LogP contribution in [0.15, 0.2) is 30.3 Å². The van der Waals surface area contributed by atoms with Crippen LogP contribution < -0.4 is 5.32 Å². The SMILES string of the molecule is CN(CC1(c2ccccc2)CC1)C(=O)NC1CCC(C(=O)O)CC1. The fraction of sp³-hybridized carbons (Fsp3) is 0.579. The van der Waals surface area contributed by atoms with Crippen molar-refractivity contribution >= 4 is 12.0 Å². The Labute approximate surface area is 143 Å². The highest BCUT2D eigenvalue weighted by molar-refractivity contribution is 5.74. The molecule has 3 rings (SSSR count). The number of nitrogens with zero attached hydrogens (tertiary/aromatic N) is 1. The first-order valence-electron chi connectivity index (χ1n) is 8.80. The van der Waals surface area contributed by atoms with E-state index in [0.717, 1.165) is 32.2 Å². The number of rotatable bonds is 5. The quantitative estimate of drug-likeness (QED) is 0.872. The molecule has 2 aliphatic carbocycles. The Hall–Kier alpha value is -2.04. The number of carbonyl (C=O) groups is 2. The predicted molar refractivity (Wildman–Crippen MR) is 91.9 cm³/mol. The van der Waals surface area contributed by atoms with Crippen molar-refractivity contribution in [1.82, 2.24) is 10.2 Å². The van der Waals surface area contributed by atoms with Gasteiger partial charge >= 0.3 is 12.0 Å². The molecule has 0 heterocycles. The van der Waals surface area contributed by atoms with E-state index in [1.165, 1.54) is 5.56 Å². The van der Waals surface area contributed by atoms with Gasteiger partial charge in [0.15, 0.2) is 0 Å². The first-order chi connectivity index (χ1) is 11.5. The Morgan fingerprint density at radius 3 is 2.33 bits per heavy atom. The number of hydrogen-bond acceptors (Lipinski definition) is 2. The van der Waals surface area contributed by atoms with Crippen molar-refractivity contribution in [2.45, 2.75) is 50.0 Å². The van der Waals surface area contributed by atoms with Gasteiger partial charge in [0, 0.05) is 25.0 Å². The summed E-state index contributed by atoms with van der Waals surface area (Å²) in [5.74, 6) is -0.959. The third-order valence-electron chi connectivity index (χ3n) is 5.53. The molecular weight excluding hydrogens is 304 g/mol. The van der Waals surface area contributed by atoms with Crippen molar-refractivity contribution < 1.29 is 14.7 Å². The lowest BCUT2D eigenvalue weighted by Gasteiger charge is -2.30. The second-order valence-corrected chi connectivity index (χ2v) is 7.34. The Morgan fingerprint density at radius 1 is 1.17 bits per heavy atom. The molecule has 2 saturated carbocycles. The smallest absolute Gasteiger partial charge is 0.317 e. The zero-order chi connectivity index (χ0) is 17.2. The molecule has 0 radical (unpaired) electrons. The van der Waals surface area contributed by atoms with Crippen LogP contribution in [0.1, 0.15) is 44.1 Å². The van der Waals surface area contributed by atoms with Gasteiger partial charge in [0.2, 0.25) is 0 Å². The molecule has 130 valence electrons. The first-order valence-corrected chi connectivity index (χ1v) is 8.80. The minimum absolute atomic E-state index is 0.0454. The molecule has 0 bridgehead atoms. The molecule has 2 fully saturated rings. The van der Waals surface area contributed by atoms with Crippen molar-refractivity contribution in [1.29, 1.82) is 0 Å². The summed E-state index contributed by atoms with van der Waals surface area (Å²) in [6.07, 6.45) is 5.05. The van der Waals surface area contributed by atoms with E-state index < -0.39 is 5.97 Å². The number of benzene rings is 1. The summed E-state index contributed by atoms with van der Waals surface area (Å²) < 4.78 is 0. The van der Waals surface area contributed by atoms with Gasteiger partial charge in [0.05, 0.1) is 5.92 Å². The van der Waals surface area contributed by atoms with Gasteiger partial charge in [0.1, 0.15) is 0 Å². The van der Waals surface area contributed by atoms with E-state index in [0.29, 0.717) is 12.8 Å². The molecule has 0 aliphatic heterocycles. The van der Waals surface area contributed by atoms with Crippen LogP contribution >= 0.6 is 0 Å². The molecule has 5 nitrogen and oxygen atoms in total. The normalized spacial score (nSPS) is 24.9. The minimum Gasteiger partial charge on any atom is -0.481 e. The zero-order valence-corrected chi connectivity index (χ0v) is 14.2. The van der Waals surface area contributed by atoms with Gasteiger partial charge in [-0.05, 0) is 44.1 Å². The van der Waals surface area contributed by atoms with Gasteiger partial charge < -0.3 is 15.3 Å². The maximum atomic E-state index is 12.5. The summed E-state index contributed by atoms with van der Waals surface area (Å²) in [6, 6.07) is 10.5. The standard InChI is InChI=1S/C19H26N2O3/c1-21(13-19(11-12-19)15-5-3-2-4-6-15)18(24)20-16-9-7-14(8-10-16)17(22)23/h2-6,14,16H,7-13H2,1H3,(H,20,24)(H,22,23). The molecule has 0 unspecified atom stereocenters. The number of likely N-dealkylation sites (N-methyl/N-ethyl adjacent to an activating group) is 1. The number of carbonyl (C=O) groups excluding carboxylic acids is 1. The third kappa shape index (κ3) is 3.71. The second-order valence-electron chi connectivity index (χ2n) is 7.34. The Kier molecular flexibility index (Phi) is 4.78. The molecule has 2 aliphatic rings. The number of amides is 2. The van der Waals surface area contributed by atoms with Crippen molar-refractivity contribution in [2.24, 2.45) is 5.92 Å². The van der Waals surface area contributed by atoms with Crippen LogP contribution in [0, 0.1) is 5.92 Å². The van der Waals surface area contributed by atoms with Crippen molar-refractivity contribution in [3.63, 3.8) is 0 Å². The van der Waals surface area contributed by atoms with Gasteiger partial charge in [-0.1, -0.05) is 30.3 Å². The van der Waals surface area contributed by atoms with Crippen LogP contribution in [0.4, 0.5) is 4.79 Å². The summed E-state index contributed by atoms with van der Waals surface area (Å²) in [5.41, 5.74) is 1.43. The molecule has 2 N–H and O–H groups in total. The molecule has 1 aromatic rings. The lowest BCUT2D eigenvalue weighted by Crippen LogP contribution is -2.46. The van der Waals surface area contributed by atoms with Crippen molar-refractivity contribution in [3.05, 3.63) is 35.9 Å². The fourth-order valence-corrected chi connectivity index (χ4v) is 3.78. The highest BCUT2D eigenvalue weighted by Gasteiger charge is 2.45. The molecular formula is C19H26N2O3. The maximum Gasteiger partial charge on any atom is 0.317 e. The molecule has 0 saturated heterocycles. The molecule has 1 aromatic carbocycles. The summed E-state index contributed by atoms with van der Waals surface area (Å²) in [7, 11) is 1.85.